The highest BCUT2D eigenvalue weighted by Crippen LogP contribution is 2.32. The number of alkyl halides is 3. The molecule has 2 aromatic heterocycles. The van der Waals surface area contributed by atoms with E-state index >= 15 is 0 Å². The third-order valence-corrected chi connectivity index (χ3v) is 2.87. The van der Waals surface area contributed by atoms with Crippen LogP contribution in [0.1, 0.15) is 16.1 Å². The van der Waals surface area contributed by atoms with Crippen LogP contribution in [0.15, 0.2) is 30.6 Å². The molecule has 0 aliphatic rings. The Bertz CT molecular complexity index is 644. The molecule has 2 N–H and O–H groups in total. The summed E-state index contributed by atoms with van der Waals surface area (Å²) in [7, 11) is 0. The van der Waals surface area contributed by atoms with Crippen LogP contribution < -0.4 is 10.1 Å². The predicted octanol–water partition coefficient (Wildman–Crippen LogP) is 2.89. The van der Waals surface area contributed by atoms with Crippen molar-refractivity contribution in [1.29, 1.82) is 0 Å². The molecule has 0 spiro atoms. The summed E-state index contributed by atoms with van der Waals surface area (Å²) in [6, 6.07) is 4.02. The van der Waals surface area contributed by atoms with Crippen LogP contribution in [0.3, 0.4) is 0 Å². The van der Waals surface area contributed by atoms with Crippen molar-refractivity contribution in [2.75, 3.05) is 13.2 Å². The van der Waals surface area contributed by atoms with E-state index in [9.17, 15) is 18.0 Å². The maximum absolute atomic E-state index is 12.4. The number of hydrogen-bond donors (Lipinski definition) is 2. The highest BCUT2D eigenvalue weighted by atomic mass is 35.5. The summed E-state index contributed by atoms with van der Waals surface area (Å²) in [5, 5.41) is 2.32. The minimum atomic E-state index is -4.51. The second-order valence-electron chi connectivity index (χ2n) is 4.20. The van der Waals surface area contributed by atoms with Gasteiger partial charge in [-0.3, -0.25) is 4.79 Å². The van der Waals surface area contributed by atoms with Crippen LogP contribution in [-0.4, -0.2) is 29.0 Å². The van der Waals surface area contributed by atoms with Crippen LogP contribution >= 0.6 is 11.6 Å². The first-order valence-corrected chi connectivity index (χ1v) is 6.53. The molecule has 0 aliphatic carbocycles. The Labute approximate surface area is 128 Å². The van der Waals surface area contributed by atoms with Crippen LogP contribution in [0.25, 0.3) is 0 Å². The highest BCUT2D eigenvalue weighted by molar-refractivity contribution is 6.31. The Morgan fingerprint density at radius 2 is 2.23 bits per heavy atom. The lowest BCUT2D eigenvalue weighted by molar-refractivity contribution is -0.137. The highest BCUT2D eigenvalue weighted by Gasteiger charge is 2.31. The van der Waals surface area contributed by atoms with Crippen molar-refractivity contribution in [1.82, 2.24) is 15.3 Å². The fourth-order valence-corrected chi connectivity index (χ4v) is 1.79. The van der Waals surface area contributed by atoms with Gasteiger partial charge in [0.15, 0.2) is 0 Å². The minimum absolute atomic E-state index is 0.0184. The Morgan fingerprint density at radius 1 is 1.45 bits per heavy atom. The van der Waals surface area contributed by atoms with E-state index in [0.717, 1.165) is 6.07 Å². The Kier molecular flexibility index (Phi) is 4.92. The van der Waals surface area contributed by atoms with Crippen LogP contribution in [0.2, 0.25) is 5.02 Å². The number of H-pyrrole nitrogens is 1. The van der Waals surface area contributed by atoms with Crippen molar-refractivity contribution >= 4 is 17.5 Å². The zero-order chi connectivity index (χ0) is 16.2. The second kappa shape index (κ2) is 6.69. The molecule has 22 heavy (non-hydrogen) atoms. The van der Waals surface area contributed by atoms with E-state index < -0.39 is 11.7 Å². The summed E-state index contributed by atoms with van der Waals surface area (Å²) in [6.45, 7) is 0.168. The van der Waals surface area contributed by atoms with E-state index in [1.54, 1.807) is 18.3 Å². The molecule has 2 rings (SSSR count). The average molecular weight is 334 g/mol. The molecule has 0 saturated carbocycles. The molecule has 0 radical (unpaired) electrons. The summed E-state index contributed by atoms with van der Waals surface area (Å²) in [4.78, 5) is 17.8. The van der Waals surface area contributed by atoms with Gasteiger partial charge in [-0.05, 0) is 18.2 Å². The number of nitrogens with one attached hydrogen (secondary N) is 2. The van der Waals surface area contributed by atoms with Crippen molar-refractivity contribution in [2.45, 2.75) is 6.18 Å². The van der Waals surface area contributed by atoms with Crippen LogP contribution in [0, 0.1) is 0 Å². The van der Waals surface area contributed by atoms with Gasteiger partial charge in [-0.1, -0.05) is 11.6 Å². The smallest absolute Gasteiger partial charge is 0.417 e. The van der Waals surface area contributed by atoms with Crippen molar-refractivity contribution in [3.05, 3.63) is 46.9 Å². The van der Waals surface area contributed by atoms with Crippen molar-refractivity contribution < 1.29 is 22.7 Å². The molecule has 9 heteroatoms. The number of carbonyl (C=O) groups is 1. The van der Waals surface area contributed by atoms with Crippen LogP contribution in [0.4, 0.5) is 13.2 Å². The number of carbonyl (C=O) groups excluding carboxylic acids is 1. The van der Waals surface area contributed by atoms with Gasteiger partial charge in [0.2, 0.25) is 5.88 Å². The number of aromatic amines is 1. The van der Waals surface area contributed by atoms with E-state index in [-0.39, 0.29) is 30.0 Å². The normalized spacial score (nSPS) is 11.3. The zero-order valence-electron chi connectivity index (χ0n) is 11.1. The summed E-state index contributed by atoms with van der Waals surface area (Å²) >= 11 is 5.68. The lowest BCUT2D eigenvalue weighted by atomic mass is 10.3. The molecule has 2 aromatic rings. The van der Waals surface area contributed by atoms with E-state index in [0.29, 0.717) is 11.9 Å². The van der Waals surface area contributed by atoms with Crippen LogP contribution in [-0.2, 0) is 6.18 Å². The molecule has 0 aliphatic heterocycles. The van der Waals surface area contributed by atoms with E-state index in [4.69, 9.17) is 16.3 Å². The summed E-state index contributed by atoms with van der Waals surface area (Å²) in [5.74, 6) is -0.441. The second-order valence-corrected chi connectivity index (χ2v) is 4.60. The molecule has 2 heterocycles. The van der Waals surface area contributed by atoms with Gasteiger partial charge in [-0.25, -0.2) is 4.98 Å². The largest absolute Gasteiger partial charge is 0.475 e. The molecule has 0 fully saturated rings. The quantitative estimate of drug-likeness (QED) is 0.827. The molecule has 5 nitrogen and oxygen atoms in total. The topological polar surface area (TPSA) is 67.0 Å². The van der Waals surface area contributed by atoms with Crippen molar-refractivity contribution in [2.24, 2.45) is 0 Å². The van der Waals surface area contributed by atoms with Gasteiger partial charge in [0.05, 0.1) is 12.1 Å². The van der Waals surface area contributed by atoms with Gasteiger partial charge in [-0.2, -0.15) is 13.2 Å². The number of aromatic nitrogens is 2. The van der Waals surface area contributed by atoms with Crippen molar-refractivity contribution in [3.8, 4) is 5.88 Å². The SMILES string of the molecule is O=C(NCCOc1ncc(C(F)(F)F)cc1Cl)c1ccc[nH]1. The van der Waals surface area contributed by atoms with E-state index in [2.05, 4.69) is 15.3 Å². The number of nitrogens with zero attached hydrogens (tertiary/aromatic N) is 1. The van der Waals surface area contributed by atoms with Gasteiger partial charge in [0.1, 0.15) is 17.3 Å². The maximum atomic E-state index is 12.4. The fourth-order valence-electron chi connectivity index (χ4n) is 1.57. The predicted molar refractivity (Wildman–Crippen MR) is 72.9 cm³/mol. The van der Waals surface area contributed by atoms with Crippen molar-refractivity contribution in [3.63, 3.8) is 0 Å². The Morgan fingerprint density at radius 3 is 2.82 bits per heavy atom. The number of hydrogen-bond acceptors (Lipinski definition) is 3. The van der Waals surface area contributed by atoms with Gasteiger partial charge in [-0.15, -0.1) is 0 Å². The molecule has 0 saturated heterocycles. The number of halogens is 4. The number of ether oxygens (including phenoxy) is 1. The van der Waals surface area contributed by atoms with Gasteiger partial charge < -0.3 is 15.0 Å². The van der Waals surface area contributed by atoms with Gasteiger partial charge in [0.25, 0.3) is 5.91 Å². The summed E-state index contributed by atoms with van der Waals surface area (Å²) < 4.78 is 42.5. The lowest BCUT2D eigenvalue weighted by Gasteiger charge is -2.10. The monoisotopic (exact) mass is 333 g/mol. The average Bonchev–Trinajstić information content (AvgIpc) is 2.97. The summed E-state index contributed by atoms with van der Waals surface area (Å²) in [5.41, 5.74) is -0.560. The maximum Gasteiger partial charge on any atom is 0.417 e. The van der Waals surface area contributed by atoms with E-state index in [1.165, 1.54) is 0 Å². The Hall–Kier alpha value is -2.22. The molecule has 1 amide bonds. The summed E-state index contributed by atoms with van der Waals surface area (Å²) in [6.07, 6.45) is -2.27. The number of amides is 1. The molecular weight excluding hydrogens is 323 g/mol. The molecular formula is C13H11ClF3N3O2. The number of rotatable bonds is 5. The fraction of sp³-hybridized carbons (Fsp3) is 0.231. The Balaban J connectivity index is 1.83. The molecule has 0 aromatic carbocycles. The van der Waals surface area contributed by atoms with E-state index in [1.807, 2.05) is 0 Å². The zero-order valence-corrected chi connectivity index (χ0v) is 11.8. The first kappa shape index (κ1) is 16.2. The first-order valence-electron chi connectivity index (χ1n) is 6.15. The third kappa shape index (κ3) is 4.14. The van der Waals surface area contributed by atoms with Gasteiger partial charge in [0, 0.05) is 12.4 Å². The molecule has 0 bridgehead atoms. The molecule has 0 atom stereocenters. The van der Waals surface area contributed by atoms with Gasteiger partial charge >= 0.3 is 6.18 Å². The number of pyridine rings is 1. The molecule has 0 unspecified atom stereocenters. The molecule has 118 valence electrons. The third-order valence-electron chi connectivity index (χ3n) is 2.60. The minimum Gasteiger partial charge on any atom is -0.475 e. The lowest BCUT2D eigenvalue weighted by Crippen LogP contribution is -2.28. The standard InChI is InChI=1S/C13H11ClF3N3O2/c14-9-6-8(13(15,16)17)7-20-12(9)22-5-4-19-11(21)10-2-1-3-18-10/h1-3,6-7,18H,4-5H2,(H,19,21). The first-order chi connectivity index (χ1) is 10.4. The van der Waals surface area contributed by atoms with Crippen LogP contribution in [0.5, 0.6) is 5.88 Å².